The number of Topliss-reactive ketones (excluding diaryl/α,β-unsaturated/α-hetero) is 2. The Bertz CT molecular complexity index is 471. The van der Waals surface area contributed by atoms with Crippen LogP contribution < -0.4 is 0 Å². The first-order valence-corrected chi connectivity index (χ1v) is 5.44. The molecule has 89 valence electrons. The van der Waals surface area contributed by atoms with Crippen LogP contribution in [-0.4, -0.2) is 11.6 Å². The summed E-state index contributed by atoms with van der Waals surface area (Å²) in [5.74, 6) is -0.279. The molecule has 0 aliphatic rings. The van der Waals surface area contributed by atoms with Crippen LogP contribution >= 0.6 is 0 Å². The zero-order valence-electron chi connectivity index (χ0n) is 9.68. The van der Waals surface area contributed by atoms with Crippen LogP contribution in [0.15, 0.2) is 60.7 Å². The second kappa shape index (κ2) is 7.72. The molecular formula is C15H12EuO2+2. The van der Waals surface area contributed by atoms with E-state index >= 15 is 0 Å². The van der Waals surface area contributed by atoms with Crippen LogP contribution in [0.1, 0.15) is 27.1 Å². The van der Waals surface area contributed by atoms with E-state index in [-0.39, 0.29) is 67.4 Å². The van der Waals surface area contributed by atoms with Crippen LogP contribution in [0, 0.1) is 49.4 Å². The minimum atomic E-state index is -0.139. The van der Waals surface area contributed by atoms with Crippen LogP contribution in [0.4, 0.5) is 0 Å². The van der Waals surface area contributed by atoms with Crippen molar-refractivity contribution >= 4 is 11.6 Å². The molecule has 0 bridgehead atoms. The molecule has 0 heterocycles. The molecule has 0 fully saturated rings. The van der Waals surface area contributed by atoms with Crippen molar-refractivity contribution in [2.75, 3.05) is 0 Å². The maximum absolute atomic E-state index is 11.8. The van der Waals surface area contributed by atoms with Crippen LogP contribution in [0.2, 0.25) is 0 Å². The molecule has 0 N–H and O–H groups in total. The SMILES string of the molecule is O=C(CC(=O)c1ccccc1)c1ccccc1.[Eu+2]. The van der Waals surface area contributed by atoms with Crippen molar-refractivity contribution < 1.29 is 59.0 Å². The van der Waals surface area contributed by atoms with E-state index in [0.29, 0.717) is 11.1 Å². The van der Waals surface area contributed by atoms with Crippen molar-refractivity contribution in [3.8, 4) is 0 Å². The third kappa shape index (κ3) is 4.23. The van der Waals surface area contributed by atoms with Gasteiger partial charge < -0.3 is 0 Å². The van der Waals surface area contributed by atoms with Gasteiger partial charge in [0.15, 0.2) is 11.6 Å². The largest absolute Gasteiger partial charge is 2.00 e. The van der Waals surface area contributed by atoms with Gasteiger partial charge in [-0.3, -0.25) is 9.59 Å². The van der Waals surface area contributed by atoms with Crippen molar-refractivity contribution in [1.29, 1.82) is 0 Å². The Morgan fingerprint density at radius 1 is 0.667 bits per heavy atom. The first-order valence-electron chi connectivity index (χ1n) is 5.44. The Morgan fingerprint density at radius 3 is 1.33 bits per heavy atom. The van der Waals surface area contributed by atoms with Gasteiger partial charge in [0, 0.05) is 11.1 Å². The average molecular weight is 376 g/mol. The number of hydrogen-bond acceptors (Lipinski definition) is 2. The van der Waals surface area contributed by atoms with Gasteiger partial charge in [-0.1, -0.05) is 60.7 Å². The van der Waals surface area contributed by atoms with Crippen molar-refractivity contribution in [1.82, 2.24) is 0 Å². The van der Waals surface area contributed by atoms with Gasteiger partial charge in [-0.15, -0.1) is 0 Å². The van der Waals surface area contributed by atoms with Crippen LogP contribution in [0.5, 0.6) is 0 Å². The number of carbonyl (C=O) groups excluding carboxylic acids is 2. The molecular weight excluding hydrogens is 364 g/mol. The monoisotopic (exact) mass is 377 g/mol. The van der Waals surface area contributed by atoms with Gasteiger partial charge in [0.25, 0.3) is 0 Å². The standard InChI is InChI=1S/C15H12O2.Eu/c16-14(12-7-3-1-4-8-12)11-15(17)13-9-5-2-6-10-13;/h1-10H,11H2;/q;+2. The Kier molecular flexibility index (Phi) is 6.62. The van der Waals surface area contributed by atoms with E-state index < -0.39 is 0 Å². The summed E-state index contributed by atoms with van der Waals surface area (Å²) in [4.78, 5) is 23.6. The molecule has 2 aromatic carbocycles. The van der Waals surface area contributed by atoms with Gasteiger partial charge in [-0.25, -0.2) is 0 Å². The van der Waals surface area contributed by atoms with Gasteiger partial charge >= 0.3 is 49.4 Å². The smallest absolute Gasteiger partial charge is 0.294 e. The molecule has 2 nitrogen and oxygen atoms in total. The second-order valence-corrected chi connectivity index (χ2v) is 3.76. The van der Waals surface area contributed by atoms with E-state index in [1.54, 1.807) is 48.5 Å². The van der Waals surface area contributed by atoms with Gasteiger partial charge in [0.2, 0.25) is 0 Å². The predicted octanol–water partition coefficient (Wildman–Crippen LogP) is 3.14. The molecule has 0 aliphatic carbocycles. The fraction of sp³-hybridized carbons (Fsp3) is 0.0667. The van der Waals surface area contributed by atoms with Crippen molar-refractivity contribution in [3.63, 3.8) is 0 Å². The first-order chi connectivity index (χ1) is 8.27. The molecule has 0 aromatic heterocycles. The number of hydrogen-bond donors (Lipinski definition) is 0. The number of rotatable bonds is 4. The predicted molar refractivity (Wildman–Crippen MR) is 66.2 cm³/mol. The summed E-state index contributed by atoms with van der Waals surface area (Å²) in [7, 11) is 0. The molecule has 0 saturated heterocycles. The van der Waals surface area contributed by atoms with Gasteiger partial charge in [0.1, 0.15) is 0 Å². The van der Waals surface area contributed by atoms with E-state index in [1.807, 2.05) is 12.1 Å². The summed E-state index contributed by atoms with van der Waals surface area (Å²) < 4.78 is 0. The third-order valence-corrected chi connectivity index (χ3v) is 2.51. The Balaban J connectivity index is 0.00000162. The molecule has 0 amide bonds. The van der Waals surface area contributed by atoms with Crippen molar-refractivity contribution in [2.45, 2.75) is 6.42 Å². The molecule has 1 radical (unpaired) electrons. The zero-order chi connectivity index (χ0) is 12.1. The topological polar surface area (TPSA) is 34.1 Å². The average Bonchev–Trinajstić information content (AvgIpc) is 2.40. The van der Waals surface area contributed by atoms with E-state index in [2.05, 4.69) is 0 Å². The molecule has 0 unspecified atom stereocenters. The van der Waals surface area contributed by atoms with Crippen molar-refractivity contribution in [3.05, 3.63) is 71.8 Å². The van der Waals surface area contributed by atoms with Gasteiger partial charge in [-0.2, -0.15) is 0 Å². The molecule has 2 rings (SSSR count). The number of carbonyl (C=O) groups is 2. The number of ketones is 2. The van der Waals surface area contributed by atoms with Crippen LogP contribution in [0.3, 0.4) is 0 Å². The van der Waals surface area contributed by atoms with E-state index in [4.69, 9.17) is 0 Å². The number of benzene rings is 2. The van der Waals surface area contributed by atoms with Crippen LogP contribution in [0.25, 0.3) is 0 Å². The Hall–Kier alpha value is -0.636. The molecule has 0 aliphatic heterocycles. The molecule has 3 heteroatoms. The zero-order valence-corrected chi connectivity index (χ0v) is 12.1. The van der Waals surface area contributed by atoms with E-state index in [0.717, 1.165) is 0 Å². The molecule has 2 aromatic rings. The van der Waals surface area contributed by atoms with Gasteiger partial charge in [0.05, 0.1) is 6.42 Å². The molecule has 18 heavy (non-hydrogen) atoms. The molecule has 0 spiro atoms. The van der Waals surface area contributed by atoms with Crippen molar-refractivity contribution in [2.24, 2.45) is 0 Å². The summed E-state index contributed by atoms with van der Waals surface area (Å²) in [5.41, 5.74) is 1.16. The summed E-state index contributed by atoms with van der Waals surface area (Å²) in [6.45, 7) is 0. The quantitative estimate of drug-likeness (QED) is 0.607. The molecule has 0 saturated carbocycles. The Morgan fingerprint density at radius 2 is 1.00 bits per heavy atom. The fourth-order valence-electron chi connectivity index (χ4n) is 1.60. The molecule has 0 atom stereocenters. The normalized spacial score (nSPS) is 9.33. The summed E-state index contributed by atoms with van der Waals surface area (Å²) in [5, 5.41) is 0. The summed E-state index contributed by atoms with van der Waals surface area (Å²) in [6, 6.07) is 17.7. The first kappa shape index (κ1) is 15.4. The Labute approximate surface area is 147 Å². The fourth-order valence-corrected chi connectivity index (χ4v) is 1.60. The maximum Gasteiger partial charge on any atom is 2.00 e. The second-order valence-electron chi connectivity index (χ2n) is 3.76. The summed E-state index contributed by atoms with van der Waals surface area (Å²) in [6.07, 6.45) is -0.0754. The summed E-state index contributed by atoms with van der Waals surface area (Å²) >= 11 is 0. The van der Waals surface area contributed by atoms with Crippen LogP contribution in [-0.2, 0) is 0 Å². The minimum Gasteiger partial charge on any atom is -0.294 e. The van der Waals surface area contributed by atoms with Gasteiger partial charge in [-0.05, 0) is 0 Å². The van der Waals surface area contributed by atoms with E-state index in [9.17, 15) is 9.59 Å². The third-order valence-electron chi connectivity index (χ3n) is 2.51. The van der Waals surface area contributed by atoms with E-state index in [1.165, 1.54) is 0 Å². The maximum atomic E-state index is 11.8. The minimum absolute atomic E-state index is 0.